The maximum atomic E-state index is 5.54. The Morgan fingerprint density at radius 3 is 2.72 bits per heavy atom. The lowest BCUT2D eigenvalue weighted by Crippen LogP contribution is -2.59. The van der Waals surface area contributed by atoms with Crippen LogP contribution in [0.4, 0.5) is 0 Å². The molecule has 1 saturated carbocycles. The summed E-state index contributed by atoms with van der Waals surface area (Å²) in [5, 5.41) is 3.79. The Morgan fingerprint density at radius 1 is 1.28 bits per heavy atom. The molecule has 3 fully saturated rings. The zero-order valence-corrected chi connectivity index (χ0v) is 11.9. The van der Waals surface area contributed by atoms with Gasteiger partial charge in [-0.05, 0) is 37.0 Å². The highest BCUT2D eigenvalue weighted by atomic mass is 16.5. The normalized spacial score (nSPS) is 38.5. The van der Waals surface area contributed by atoms with E-state index in [-0.39, 0.29) is 0 Å². The van der Waals surface area contributed by atoms with E-state index in [0.29, 0.717) is 0 Å². The average molecular weight is 252 g/mol. The van der Waals surface area contributed by atoms with Crippen LogP contribution in [0.25, 0.3) is 0 Å². The van der Waals surface area contributed by atoms with Gasteiger partial charge in [0.05, 0.1) is 6.61 Å². The summed E-state index contributed by atoms with van der Waals surface area (Å²) < 4.78 is 5.54. The van der Waals surface area contributed by atoms with E-state index in [1.165, 1.54) is 38.9 Å². The molecule has 3 heteroatoms. The zero-order chi connectivity index (χ0) is 12.5. The van der Waals surface area contributed by atoms with Gasteiger partial charge in [-0.15, -0.1) is 0 Å². The molecule has 0 spiro atoms. The lowest BCUT2D eigenvalue weighted by atomic mass is 9.95. The number of hydrogen-bond donors (Lipinski definition) is 1. The predicted molar refractivity (Wildman–Crippen MR) is 73.6 cm³/mol. The fourth-order valence-corrected chi connectivity index (χ4v) is 3.59. The number of rotatable bonds is 4. The molecule has 2 aliphatic heterocycles. The number of piperazine rings is 1. The Balaban J connectivity index is 1.60. The standard InChI is InChI=1S/C15H28N2O/c1-11(2)15-7-16-14(13-3-4-13)9-17(15)8-12-5-6-18-10-12/h11-16H,3-10H2,1-2H3. The highest BCUT2D eigenvalue weighted by Crippen LogP contribution is 2.35. The number of hydrogen-bond acceptors (Lipinski definition) is 3. The Hall–Kier alpha value is -0.120. The predicted octanol–water partition coefficient (Wildman–Crippen LogP) is 1.73. The Kier molecular flexibility index (Phi) is 3.92. The first-order valence-corrected chi connectivity index (χ1v) is 7.79. The molecule has 2 saturated heterocycles. The van der Waals surface area contributed by atoms with E-state index in [9.17, 15) is 0 Å². The van der Waals surface area contributed by atoms with Crippen LogP contribution in [0.3, 0.4) is 0 Å². The molecular formula is C15H28N2O. The van der Waals surface area contributed by atoms with E-state index in [1.807, 2.05) is 0 Å². The first-order chi connectivity index (χ1) is 8.74. The van der Waals surface area contributed by atoms with Gasteiger partial charge in [0.15, 0.2) is 0 Å². The summed E-state index contributed by atoms with van der Waals surface area (Å²) in [6.45, 7) is 10.4. The van der Waals surface area contributed by atoms with E-state index in [2.05, 4.69) is 24.1 Å². The SMILES string of the molecule is CC(C)C1CNC(C2CC2)CN1CC1CCOC1. The molecule has 3 rings (SSSR count). The second-order valence-corrected chi connectivity index (χ2v) is 6.85. The van der Waals surface area contributed by atoms with Crippen molar-refractivity contribution in [2.45, 2.75) is 45.2 Å². The van der Waals surface area contributed by atoms with Gasteiger partial charge >= 0.3 is 0 Å². The number of nitrogens with one attached hydrogen (secondary N) is 1. The van der Waals surface area contributed by atoms with Crippen molar-refractivity contribution in [2.75, 3.05) is 32.8 Å². The summed E-state index contributed by atoms with van der Waals surface area (Å²) in [4.78, 5) is 2.77. The monoisotopic (exact) mass is 252 g/mol. The van der Waals surface area contributed by atoms with Crippen LogP contribution in [-0.2, 0) is 4.74 Å². The van der Waals surface area contributed by atoms with Crippen LogP contribution in [0.15, 0.2) is 0 Å². The van der Waals surface area contributed by atoms with Gasteiger partial charge in [0.2, 0.25) is 0 Å². The molecule has 0 aromatic carbocycles. The third-order valence-electron chi connectivity index (χ3n) is 4.97. The van der Waals surface area contributed by atoms with Crippen molar-refractivity contribution < 1.29 is 4.74 Å². The molecule has 3 aliphatic rings. The largest absolute Gasteiger partial charge is 0.381 e. The van der Waals surface area contributed by atoms with Gasteiger partial charge in [-0.3, -0.25) is 4.90 Å². The Morgan fingerprint density at radius 2 is 2.11 bits per heavy atom. The van der Waals surface area contributed by atoms with Crippen molar-refractivity contribution in [3.8, 4) is 0 Å². The summed E-state index contributed by atoms with van der Waals surface area (Å²) in [5.41, 5.74) is 0. The molecule has 0 amide bonds. The molecule has 0 bridgehead atoms. The molecular weight excluding hydrogens is 224 g/mol. The van der Waals surface area contributed by atoms with E-state index in [4.69, 9.17) is 4.74 Å². The lowest BCUT2D eigenvalue weighted by Gasteiger charge is -2.43. The van der Waals surface area contributed by atoms with Crippen molar-refractivity contribution >= 4 is 0 Å². The zero-order valence-electron chi connectivity index (χ0n) is 11.9. The van der Waals surface area contributed by atoms with Crippen LogP contribution in [0.2, 0.25) is 0 Å². The quantitative estimate of drug-likeness (QED) is 0.825. The van der Waals surface area contributed by atoms with Gasteiger partial charge in [-0.1, -0.05) is 13.8 Å². The molecule has 3 nitrogen and oxygen atoms in total. The molecule has 18 heavy (non-hydrogen) atoms. The van der Waals surface area contributed by atoms with Gasteiger partial charge in [0.25, 0.3) is 0 Å². The van der Waals surface area contributed by atoms with Crippen molar-refractivity contribution in [3.63, 3.8) is 0 Å². The maximum Gasteiger partial charge on any atom is 0.0507 e. The van der Waals surface area contributed by atoms with E-state index in [0.717, 1.165) is 43.1 Å². The molecule has 0 aromatic rings. The van der Waals surface area contributed by atoms with Crippen LogP contribution in [0.1, 0.15) is 33.1 Å². The van der Waals surface area contributed by atoms with Gasteiger partial charge in [-0.25, -0.2) is 0 Å². The smallest absolute Gasteiger partial charge is 0.0507 e. The summed E-state index contributed by atoms with van der Waals surface area (Å²) >= 11 is 0. The van der Waals surface area contributed by atoms with Crippen LogP contribution in [0.5, 0.6) is 0 Å². The summed E-state index contributed by atoms with van der Waals surface area (Å²) in [6, 6.07) is 1.49. The molecule has 3 unspecified atom stereocenters. The second-order valence-electron chi connectivity index (χ2n) is 6.85. The fraction of sp³-hybridized carbons (Fsp3) is 1.00. The first kappa shape index (κ1) is 12.9. The highest BCUT2D eigenvalue weighted by Gasteiger charge is 2.38. The first-order valence-electron chi connectivity index (χ1n) is 7.79. The Labute approximate surface area is 111 Å². The van der Waals surface area contributed by atoms with E-state index in [1.54, 1.807) is 0 Å². The van der Waals surface area contributed by atoms with Crippen molar-refractivity contribution in [1.29, 1.82) is 0 Å². The minimum Gasteiger partial charge on any atom is -0.381 e. The topological polar surface area (TPSA) is 24.5 Å². The van der Waals surface area contributed by atoms with Crippen molar-refractivity contribution in [3.05, 3.63) is 0 Å². The third-order valence-corrected chi connectivity index (χ3v) is 4.97. The molecule has 2 heterocycles. The van der Waals surface area contributed by atoms with Gasteiger partial charge in [-0.2, -0.15) is 0 Å². The molecule has 0 radical (unpaired) electrons. The second kappa shape index (κ2) is 5.48. The van der Waals surface area contributed by atoms with Crippen LogP contribution in [-0.4, -0.2) is 49.8 Å². The minimum atomic E-state index is 0.723. The van der Waals surface area contributed by atoms with Crippen molar-refractivity contribution in [2.24, 2.45) is 17.8 Å². The van der Waals surface area contributed by atoms with Gasteiger partial charge in [0, 0.05) is 38.3 Å². The minimum absolute atomic E-state index is 0.723. The average Bonchev–Trinajstić information content (AvgIpc) is 3.08. The lowest BCUT2D eigenvalue weighted by molar-refractivity contribution is 0.0721. The third kappa shape index (κ3) is 2.89. The van der Waals surface area contributed by atoms with Crippen LogP contribution >= 0.6 is 0 Å². The van der Waals surface area contributed by atoms with Crippen LogP contribution < -0.4 is 5.32 Å². The fourth-order valence-electron chi connectivity index (χ4n) is 3.59. The molecule has 3 atom stereocenters. The van der Waals surface area contributed by atoms with Gasteiger partial charge in [0.1, 0.15) is 0 Å². The summed E-state index contributed by atoms with van der Waals surface area (Å²) in [7, 11) is 0. The van der Waals surface area contributed by atoms with E-state index >= 15 is 0 Å². The number of nitrogens with zero attached hydrogens (tertiary/aromatic N) is 1. The van der Waals surface area contributed by atoms with E-state index < -0.39 is 0 Å². The summed E-state index contributed by atoms with van der Waals surface area (Å²) in [5.74, 6) is 2.50. The molecule has 104 valence electrons. The van der Waals surface area contributed by atoms with Gasteiger partial charge < -0.3 is 10.1 Å². The Bertz CT molecular complexity index is 270. The number of ether oxygens (including phenoxy) is 1. The summed E-state index contributed by atoms with van der Waals surface area (Å²) in [6.07, 6.45) is 4.16. The molecule has 1 aliphatic carbocycles. The molecule has 0 aromatic heterocycles. The van der Waals surface area contributed by atoms with Crippen LogP contribution in [0, 0.1) is 17.8 Å². The van der Waals surface area contributed by atoms with Crippen molar-refractivity contribution in [1.82, 2.24) is 10.2 Å². The highest BCUT2D eigenvalue weighted by molar-refractivity contribution is 4.95. The molecule has 1 N–H and O–H groups in total. The maximum absolute atomic E-state index is 5.54.